The maximum Gasteiger partial charge on any atom is 0.251 e. The van der Waals surface area contributed by atoms with Crippen molar-refractivity contribution in [3.63, 3.8) is 0 Å². The number of carbonyl (C=O) groups is 1. The number of aliphatic imine (C=N–C) groups is 1. The number of H-pyrrole nitrogens is 1. The minimum atomic E-state index is -0.170. The van der Waals surface area contributed by atoms with E-state index in [1.807, 2.05) is 66.7 Å². The second-order valence-electron chi connectivity index (χ2n) is 11.2. The van der Waals surface area contributed by atoms with E-state index in [-0.39, 0.29) is 17.8 Å². The summed E-state index contributed by atoms with van der Waals surface area (Å²) in [5.41, 5.74) is 6.30. The first kappa shape index (κ1) is 28.4. The van der Waals surface area contributed by atoms with E-state index in [9.17, 15) is 9.90 Å². The Kier molecular flexibility index (Phi) is 8.61. The largest absolute Gasteiger partial charge is 0.494 e. The second-order valence-corrected chi connectivity index (χ2v) is 11.2. The smallest absolute Gasteiger partial charge is 0.251 e. The number of piperidine rings is 1. The lowest BCUT2D eigenvalue weighted by Gasteiger charge is -2.26. The van der Waals surface area contributed by atoms with Gasteiger partial charge in [0.15, 0.2) is 5.88 Å². The molecule has 0 spiro atoms. The molecule has 1 fully saturated rings. The van der Waals surface area contributed by atoms with Crippen molar-refractivity contribution in [3.05, 3.63) is 125 Å². The molecule has 5 aromatic rings. The summed E-state index contributed by atoms with van der Waals surface area (Å²) in [6.45, 7) is 5.30. The van der Waals surface area contributed by atoms with Crippen LogP contribution in [0, 0.1) is 0 Å². The zero-order valence-electron chi connectivity index (χ0n) is 24.5. The lowest BCUT2D eigenvalue weighted by Crippen LogP contribution is -2.28. The third kappa shape index (κ3) is 6.52. The van der Waals surface area contributed by atoms with Crippen LogP contribution in [0.4, 0.5) is 5.69 Å². The highest BCUT2D eigenvalue weighted by Gasteiger charge is 2.21. The van der Waals surface area contributed by atoms with Crippen LogP contribution in [0.3, 0.4) is 0 Å². The normalized spacial score (nSPS) is 15.0. The van der Waals surface area contributed by atoms with E-state index in [4.69, 9.17) is 4.99 Å². The number of carbonyl (C=O) groups excluding carboxylic acids is 1. The third-order valence-corrected chi connectivity index (χ3v) is 8.18. The summed E-state index contributed by atoms with van der Waals surface area (Å²) in [6, 6.07) is 27.4. The van der Waals surface area contributed by atoms with Gasteiger partial charge in [-0.2, -0.15) is 0 Å². The van der Waals surface area contributed by atoms with Crippen molar-refractivity contribution in [2.24, 2.45) is 4.99 Å². The van der Waals surface area contributed by atoms with Gasteiger partial charge in [0.1, 0.15) is 0 Å². The second kappa shape index (κ2) is 13.0. The van der Waals surface area contributed by atoms with Gasteiger partial charge >= 0.3 is 0 Å². The molecule has 1 atom stereocenters. The fourth-order valence-corrected chi connectivity index (χ4v) is 5.86. The molecular weight excluding hydrogens is 534 g/mol. The van der Waals surface area contributed by atoms with Crippen LogP contribution in [0.2, 0.25) is 0 Å². The Morgan fingerprint density at radius 3 is 2.42 bits per heavy atom. The zero-order chi connectivity index (χ0) is 29.6. The zero-order valence-corrected chi connectivity index (χ0v) is 24.5. The van der Waals surface area contributed by atoms with Crippen LogP contribution in [-0.2, 0) is 6.54 Å². The van der Waals surface area contributed by atoms with Crippen molar-refractivity contribution in [1.29, 1.82) is 0 Å². The van der Waals surface area contributed by atoms with Crippen molar-refractivity contribution >= 4 is 28.2 Å². The van der Waals surface area contributed by atoms with E-state index >= 15 is 0 Å². The van der Waals surface area contributed by atoms with Gasteiger partial charge < -0.3 is 15.4 Å². The molecule has 0 aliphatic carbocycles. The minimum Gasteiger partial charge on any atom is -0.494 e. The quantitative estimate of drug-likeness (QED) is 0.162. The van der Waals surface area contributed by atoms with Gasteiger partial charge in [-0.3, -0.25) is 14.7 Å². The average molecular weight is 572 g/mol. The minimum absolute atomic E-state index is 0.000518. The topological polar surface area (TPSA) is 93.6 Å². The van der Waals surface area contributed by atoms with Crippen molar-refractivity contribution in [3.8, 4) is 5.88 Å². The molecule has 0 radical (unpaired) electrons. The van der Waals surface area contributed by atoms with E-state index in [0.717, 1.165) is 53.8 Å². The van der Waals surface area contributed by atoms with Crippen molar-refractivity contribution in [1.82, 2.24) is 20.2 Å². The van der Waals surface area contributed by atoms with Gasteiger partial charge in [-0.25, -0.2) is 4.99 Å². The molecule has 1 aliphatic heterocycles. The Morgan fingerprint density at radius 2 is 1.70 bits per heavy atom. The number of benzene rings is 3. The molecule has 7 nitrogen and oxygen atoms in total. The predicted molar refractivity (Wildman–Crippen MR) is 172 cm³/mol. The molecule has 1 saturated heterocycles. The number of nitrogens with zero attached hydrogens (tertiary/aromatic N) is 3. The van der Waals surface area contributed by atoms with E-state index in [1.54, 1.807) is 18.5 Å². The maximum absolute atomic E-state index is 13.4. The first-order valence-electron chi connectivity index (χ1n) is 15.1. The van der Waals surface area contributed by atoms with Crippen molar-refractivity contribution in [2.75, 3.05) is 13.1 Å². The molecular formula is C36H37N5O2. The lowest BCUT2D eigenvalue weighted by molar-refractivity contribution is 0.0935. The Bertz CT molecular complexity index is 1710. The standard InChI is InChI=1S/C36H37N5O2/c1-2-31(26-9-5-3-6-10-26)39-35(42)28-13-16-32-30(23-28)33(36(43)40-32)34(27-17-19-37-20-18-27)38-29-14-11-25(12-15-29)24-41-21-7-4-8-22-41/h3,5-6,9-20,23,31,40,43H,2,4,7-8,21-22,24H2,1H3,(H,39,42)/t31-/m1/s1. The van der Waals surface area contributed by atoms with Crippen molar-refractivity contribution in [2.45, 2.75) is 45.2 Å². The number of nitrogens with one attached hydrogen (secondary N) is 2. The Hall–Kier alpha value is -4.75. The van der Waals surface area contributed by atoms with Crippen molar-refractivity contribution < 1.29 is 9.90 Å². The van der Waals surface area contributed by atoms with Gasteiger partial charge in [0.2, 0.25) is 0 Å². The highest BCUT2D eigenvalue weighted by molar-refractivity contribution is 6.22. The molecule has 0 saturated carbocycles. The van der Waals surface area contributed by atoms with E-state index in [0.29, 0.717) is 16.8 Å². The molecule has 3 aromatic carbocycles. The van der Waals surface area contributed by atoms with Crippen LogP contribution >= 0.6 is 0 Å². The summed E-state index contributed by atoms with van der Waals surface area (Å²) in [4.78, 5) is 28.2. The van der Waals surface area contributed by atoms with Crippen LogP contribution in [0.25, 0.3) is 10.9 Å². The summed E-state index contributed by atoms with van der Waals surface area (Å²) in [6.07, 6.45) is 8.05. The molecule has 43 heavy (non-hydrogen) atoms. The maximum atomic E-state index is 13.4. The monoisotopic (exact) mass is 571 g/mol. The van der Waals surface area contributed by atoms with Crippen LogP contribution in [0.1, 0.15) is 71.3 Å². The van der Waals surface area contributed by atoms with E-state index in [2.05, 4.69) is 39.2 Å². The predicted octanol–water partition coefficient (Wildman–Crippen LogP) is 7.30. The van der Waals surface area contributed by atoms with Crippen LogP contribution in [0.15, 0.2) is 102 Å². The van der Waals surface area contributed by atoms with Crippen LogP contribution in [0.5, 0.6) is 5.88 Å². The molecule has 1 amide bonds. The first-order valence-corrected chi connectivity index (χ1v) is 15.1. The van der Waals surface area contributed by atoms with Gasteiger partial charge in [0, 0.05) is 41.0 Å². The van der Waals surface area contributed by atoms with Gasteiger partial charge in [-0.15, -0.1) is 0 Å². The number of likely N-dealkylation sites (tertiary alicyclic amines) is 1. The molecule has 218 valence electrons. The fourth-order valence-electron chi connectivity index (χ4n) is 5.86. The first-order chi connectivity index (χ1) is 21.1. The highest BCUT2D eigenvalue weighted by atomic mass is 16.3. The number of aromatic hydroxyl groups is 1. The third-order valence-electron chi connectivity index (χ3n) is 8.18. The molecule has 7 heteroatoms. The molecule has 3 N–H and O–H groups in total. The molecule has 6 rings (SSSR count). The molecule has 2 aromatic heterocycles. The Balaban J connectivity index is 1.34. The number of rotatable bonds is 9. The molecule has 3 heterocycles. The summed E-state index contributed by atoms with van der Waals surface area (Å²) < 4.78 is 0. The van der Waals surface area contributed by atoms with Crippen LogP contribution in [-0.4, -0.2) is 44.7 Å². The molecule has 0 unspecified atom stereocenters. The van der Waals surface area contributed by atoms with Gasteiger partial charge in [0.25, 0.3) is 5.91 Å². The Labute approximate surface area is 252 Å². The summed E-state index contributed by atoms with van der Waals surface area (Å²) in [5.74, 6) is -0.170. The number of pyridine rings is 1. The number of hydrogen-bond donors (Lipinski definition) is 3. The summed E-state index contributed by atoms with van der Waals surface area (Å²) >= 11 is 0. The highest BCUT2D eigenvalue weighted by Crippen LogP contribution is 2.32. The average Bonchev–Trinajstić information content (AvgIpc) is 3.39. The summed E-state index contributed by atoms with van der Waals surface area (Å²) in [5, 5.41) is 15.1. The molecule has 0 bridgehead atoms. The lowest BCUT2D eigenvalue weighted by atomic mass is 9.99. The van der Waals surface area contributed by atoms with Gasteiger partial charge in [-0.1, -0.05) is 55.8 Å². The number of hydrogen-bond acceptors (Lipinski definition) is 5. The SMILES string of the molecule is CC[C@@H](NC(=O)c1ccc2[nH]c(O)c(C(=Nc3ccc(CN4CCCCC4)cc3)c3ccncc3)c2c1)c1ccccc1. The number of aromatic amines is 1. The number of fused-ring (bicyclic) bond motifs is 1. The molecule has 1 aliphatic rings. The van der Waals surface area contributed by atoms with Gasteiger partial charge in [0.05, 0.1) is 23.0 Å². The van der Waals surface area contributed by atoms with Gasteiger partial charge in [-0.05, 0) is 85.9 Å². The van der Waals surface area contributed by atoms with Crippen LogP contribution < -0.4 is 5.32 Å². The fraction of sp³-hybridized carbons (Fsp3) is 0.250. The number of aromatic nitrogens is 2. The van der Waals surface area contributed by atoms with E-state index < -0.39 is 0 Å². The Morgan fingerprint density at radius 1 is 0.953 bits per heavy atom. The van der Waals surface area contributed by atoms with E-state index in [1.165, 1.54) is 24.8 Å². The number of amides is 1. The summed E-state index contributed by atoms with van der Waals surface area (Å²) in [7, 11) is 0.